The van der Waals surface area contributed by atoms with Gasteiger partial charge in [0.1, 0.15) is 0 Å². The van der Waals surface area contributed by atoms with Crippen LogP contribution in [0.3, 0.4) is 0 Å². The number of rotatable bonds is 5. The molecule has 1 rings (SSSR count). The molecule has 1 aromatic heterocycles. The van der Waals surface area contributed by atoms with Crippen molar-refractivity contribution >= 4 is 17.5 Å². The minimum absolute atomic E-state index is 0.133. The number of hydrogen-bond donors (Lipinski definition) is 1. The minimum Gasteiger partial charge on any atom is -0.467 e. The van der Waals surface area contributed by atoms with Gasteiger partial charge < -0.3 is 10.1 Å². The van der Waals surface area contributed by atoms with E-state index in [4.69, 9.17) is 16.3 Å². The number of anilines is 1. The van der Waals surface area contributed by atoms with E-state index < -0.39 is 0 Å². The fourth-order valence-electron chi connectivity index (χ4n) is 0.912. The first-order chi connectivity index (χ1) is 7.15. The number of methoxy groups -OCH3 is 1. The quantitative estimate of drug-likeness (QED) is 0.838. The molecule has 0 aliphatic heterocycles. The maximum absolute atomic E-state index is 5.70. The Bertz CT molecular complexity index is 321. The molecule has 0 radical (unpaired) electrons. The molecular formula is C9H15ClN4O. The lowest BCUT2D eigenvalue weighted by Crippen LogP contribution is -2.13. The largest absolute Gasteiger partial charge is 0.467 e. The molecule has 1 aromatic rings. The van der Waals surface area contributed by atoms with Gasteiger partial charge >= 0.3 is 6.01 Å². The molecular weight excluding hydrogens is 216 g/mol. The van der Waals surface area contributed by atoms with Crippen LogP contribution in [0.1, 0.15) is 20.3 Å². The van der Waals surface area contributed by atoms with Gasteiger partial charge in [0.05, 0.1) is 7.11 Å². The summed E-state index contributed by atoms with van der Waals surface area (Å²) in [5, 5.41) is 3.22. The summed E-state index contributed by atoms with van der Waals surface area (Å²) in [6.45, 7) is 5.08. The monoisotopic (exact) mass is 230 g/mol. The lowest BCUT2D eigenvalue weighted by Gasteiger charge is -2.10. The van der Waals surface area contributed by atoms with E-state index in [1.54, 1.807) is 0 Å². The molecule has 0 aliphatic carbocycles. The zero-order chi connectivity index (χ0) is 11.3. The predicted octanol–water partition coefficient (Wildman–Crippen LogP) is 1.99. The average molecular weight is 231 g/mol. The van der Waals surface area contributed by atoms with Crippen LogP contribution >= 0.6 is 11.6 Å². The molecule has 0 amide bonds. The second-order valence-electron chi connectivity index (χ2n) is 3.31. The Balaban J connectivity index is 2.64. The van der Waals surface area contributed by atoms with Gasteiger partial charge in [-0.1, -0.05) is 20.3 Å². The number of nitrogens with zero attached hydrogens (tertiary/aromatic N) is 3. The van der Waals surface area contributed by atoms with Gasteiger partial charge in [-0.25, -0.2) is 0 Å². The summed E-state index contributed by atoms with van der Waals surface area (Å²) >= 11 is 5.70. The van der Waals surface area contributed by atoms with E-state index in [1.165, 1.54) is 7.11 Å². The van der Waals surface area contributed by atoms with Crippen LogP contribution in [0.25, 0.3) is 0 Å². The van der Waals surface area contributed by atoms with Gasteiger partial charge in [0, 0.05) is 6.54 Å². The van der Waals surface area contributed by atoms with Gasteiger partial charge in [0.15, 0.2) is 0 Å². The molecule has 15 heavy (non-hydrogen) atoms. The molecule has 0 saturated heterocycles. The van der Waals surface area contributed by atoms with Gasteiger partial charge in [0.25, 0.3) is 0 Å². The Morgan fingerprint density at radius 1 is 1.40 bits per heavy atom. The molecule has 0 saturated carbocycles. The van der Waals surface area contributed by atoms with Crippen LogP contribution in [-0.4, -0.2) is 28.6 Å². The van der Waals surface area contributed by atoms with Crippen LogP contribution in [0.2, 0.25) is 5.28 Å². The van der Waals surface area contributed by atoms with E-state index >= 15 is 0 Å². The zero-order valence-electron chi connectivity index (χ0n) is 9.12. The van der Waals surface area contributed by atoms with E-state index in [0.717, 1.165) is 13.0 Å². The number of ether oxygens (including phenoxy) is 1. The Morgan fingerprint density at radius 3 is 2.73 bits per heavy atom. The molecule has 0 aromatic carbocycles. The third kappa shape index (κ3) is 3.87. The lowest BCUT2D eigenvalue weighted by molar-refractivity contribution is 0.378. The third-order valence-electron chi connectivity index (χ3n) is 2.08. The zero-order valence-corrected chi connectivity index (χ0v) is 9.88. The first-order valence-electron chi connectivity index (χ1n) is 4.85. The van der Waals surface area contributed by atoms with Crippen molar-refractivity contribution in [3.05, 3.63) is 5.28 Å². The maximum atomic E-state index is 5.70. The highest BCUT2D eigenvalue weighted by atomic mass is 35.5. The van der Waals surface area contributed by atoms with Crippen molar-refractivity contribution < 1.29 is 4.74 Å². The molecule has 0 aliphatic rings. The van der Waals surface area contributed by atoms with Crippen LogP contribution in [0.15, 0.2) is 0 Å². The topological polar surface area (TPSA) is 59.9 Å². The molecule has 0 bridgehead atoms. The van der Waals surface area contributed by atoms with Crippen molar-refractivity contribution in [2.45, 2.75) is 20.3 Å². The highest BCUT2D eigenvalue weighted by Gasteiger charge is 2.05. The Kier molecular flexibility index (Phi) is 4.55. The molecule has 1 N–H and O–H groups in total. The number of hydrogen-bond acceptors (Lipinski definition) is 5. The number of halogens is 1. The van der Waals surface area contributed by atoms with Crippen molar-refractivity contribution in [3.63, 3.8) is 0 Å². The van der Waals surface area contributed by atoms with E-state index in [1.807, 2.05) is 0 Å². The fraction of sp³-hybridized carbons (Fsp3) is 0.667. The second-order valence-corrected chi connectivity index (χ2v) is 3.65. The summed E-state index contributed by atoms with van der Waals surface area (Å²) in [7, 11) is 1.49. The minimum atomic E-state index is 0.133. The van der Waals surface area contributed by atoms with E-state index in [0.29, 0.717) is 11.9 Å². The predicted molar refractivity (Wildman–Crippen MR) is 59.3 cm³/mol. The molecule has 1 heterocycles. The van der Waals surface area contributed by atoms with E-state index in [2.05, 4.69) is 34.1 Å². The van der Waals surface area contributed by atoms with Crippen molar-refractivity contribution in [1.29, 1.82) is 0 Å². The second kappa shape index (κ2) is 5.70. The van der Waals surface area contributed by atoms with E-state index in [-0.39, 0.29) is 11.3 Å². The highest BCUT2D eigenvalue weighted by molar-refractivity contribution is 6.28. The average Bonchev–Trinajstić information content (AvgIpc) is 2.25. The van der Waals surface area contributed by atoms with Gasteiger partial charge in [-0.15, -0.1) is 0 Å². The van der Waals surface area contributed by atoms with Crippen LogP contribution < -0.4 is 10.1 Å². The van der Waals surface area contributed by atoms with Gasteiger partial charge in [0.2, 0.25) is 11.2 Å². The SMILES string of the molecule is CCC(C)CNc1nc(Cl)nc(OC)n1. The molecule has 0 fully saturated rings. The summed E-state index contributed by atoms with van der Waals surface area (Å²) in [6, 6.07) is 0.224. The maximum Gasteiger partial charge on any atom is 0.322 e. The van der Waals surface area contributed by atoms with Crippen molar-refractivity contribution in [2.75, 3.05) is 19.0 Å². The summed E-state index contributed by atoms with van der Waals surface area (Å²) in [4.78, 5) is 11.7. The fourth-order valence-corrected chi connectivity index (χ4v) is 1.06. The van der Waals surface area contributed by atoms with Gasteiger partial charge in [-0.2, -0.15) is 15.0 Å². The van der Waals surface area contributed by atoms with Crippen molar-refractivity contribution in [3.8, 4) is 6.01 Å². The van der Waals surface area contributed by atoms with Crippen molar-refractivity contribution in [2.24, 2.45) is 5.92 Å². The molecule has 1 atom stereocenters. The Morgan fingerprint density at radius 2 is 2.13 bits per heavy atom. The van der Waals surface area contributed by atoms with Crippen LogP contribution in [0, 0.1) is 5.92 Å². The lowest BCUT2D eigenvalue weighted by atomic mass is 10.1. The summed E-state index contributed by atoms with van der Waals surface area (Å²) in [5.74, 6) is 1.01. The summed E-state index contributed by atoms with van der Waals surface area (Å²) < 4.78 is 4.88. The van der Waals surface area contributed by atoms with E-state index in [9.17, 15) is 0 Å². The summed E-state index contributed by atoms with van der Waals surface area (Å²) in [6.07, 6.45) is 1.10. The first kappa shape index (κ1) is 12.0. The molecule has 0 spiro atoms. The standard InChI is InChI=1S/C9H15ClN4O/c1-4-6(2)5-11-8-12-7(10)13-9(14-8)15-3/h6H,4-5H2,1-3H3,(H,11,12,13,14). The highest BCUT2D eigenvalue weighted by Crippen LogP contribution is 2.11. The molecule has 5 nitrogen and oxygen atoms in total. The normalized spacial score (nSPS) is 12.3. The first-order valence-corrected chi connectivity index (χ1v) is 5.23. The molecule has 6 heteroatoms. The van der Waals surface area contributed by atoms with Gasteiger partial charge in [-0.05, 0) is 17.5 Å². The van der Waals surface area contributed by atoms with Crippen LogP contribution in [0.5, 0.6) is 6.01 Å². The Labute approximate surface area is 94.2 Å². The van der Waals surface area contributed by atoms with Crippen LogP contribution in [-0.2, 0) is 0 Å². The number of aromatic nitrogens is 3. The molecule has 1 unspecified atom stereocenters. The summed E-state index contributed by atoms with van der Waals surface area (Å²) in [5.41, 5.74) is 0. The van der Waals surface area contributed by atoms with Crippen LogP contribution in [0.4, 0.5) is 5.95 Å². The van der Waals surface area contributed by atoms with Crippen molar-refractivity contribution in [1.82, 2.24) is 15.0 Å². The molecule has 84 valence electrons. The smallest absolute Gasteiger partial charge is 0.322 e. The number of nitrogens with one attached hydrogen (secondary N) is 1. The third-order valence-corrected chi connectivity index (χ3v) is 2.24. The van der Waals surface area contributed by atoms with Gasteiger partial charge in [-0.3, -0.25) is 0 Å². The Hall–Kier alpha value is -1.10.